The first-order valence-corrected chi connectivity index (χ1v) is 9.29. The molecule has 0 heterocycles. The molecule has 3 nitrogen and oxygen atoms in total. The number of aliphatic carboxylic acids is 1. The lowest BCUT2D eigenvalue weighted by Gasteiger charge is -2.10. The van der Waals surface area contributed by atoms with E-state index in [2.05, 4.69) is 19.1 Å². The largest absolute Gasteiger partial charge is 0.481 e. The number of carboxylic acids is 1. The van der Waals surface area contributed by atoms with Crippen LogP contribution < -0.4 is 0 Å². The van der Waals surface area contributed by atoms with Crippen molar-refractivity contribution in [2.75, 3.05) is 0 Å². The van der Waals surface area contributed by atoms with Crippen LogP contribution in [0.15, 0.2) is 23.8 Å². The lowest BCUT2D eigenvalue weighted by Crippen LogP contribution is -2.03. The number of carboxylic acid groups (broad SMARTS) is 1. The van der Waals surface area contributed by atoms with Crippen molar-refractivity contribution in [3.8, 4) is 0 Å². The van der Waals surface area contributed by atoms with Gasteiger partial charge in [-0.2, -0.15) is 0 Å². The zero-order valence-electron chi connectivity index (χ0n) is 14.6. The van der Waals surface area contributed by atoms with Gasteiger partial charge < -0.3 is 5.11 Å². The second-order valence-electron chi connectivity index (χ2n) is 6.54. The number of unbranched alkanes of at least 4 members (excludes halogenated alkanes) is 8. The van der Waals surface area contributed by atoms with Crippen molar-refractivity contribution in [1.29, 1.82) is 0 Å². The monoisotopic (exact) mass is 320 g/mol. The van der Waals surface area contributed by atoms with E-state index in [1.807, 2.05) is 0 Å². The fourth-order valence-electron chi connectivity index (χ4n) is 3.09. The van der Waals surface area contributed by atoms with Gasteiger partial charge in [-0.1, -0.05) is 64.0 Å². The normalized spacial score (nSPS) is 18.9. The van der Waals surface area contributed by atoms with E-state index in [1.165, 1.54) is 38.5 Å². The summed E-state index contributed by atoms with van der Waals surface area (Å²) < 4.78 is 0. The van der Waals surface area contributed by atoms with Crippen molar-refractivity contribution >= 4 is 11.8 Å². The van der Waals surface area contributed by atoms with E-state index in [0.29, 0.717) is 5.92 Å². The van der Waals surface area contributed by atoms with Crippen LogP contribution >= 0.6 is 0 Å². The Bertz CT molecular complexity index is 421. The summed E-state index contributed by atoms with van der Waals surface area (Å²) >= 11 is 0. The Kier molecular flexibility index (Phi) is 10.3. The first kappa shape index (κ1) is 19.7. The molecule has 0 aromatic rings. The minimum absolute atomic E-state index is 0.173. The maximum Gasteiger partial charge on any atom is 0.303 e. The Labute approximate surface area is 140 Å². The molecule has 0 amide bonds. The molecule has 0 saturated carbocycles. The second-order valence-corrected chi connectivity index (χ2v) is 6.54. The number of allylic oxidation sites excluding steroid dienone is 4. The van der Waals surface area contributed by atoms with Gasteiger partial charge in [0.2, 0.25) is 0 Å². The van der Waals surface area contributed by atoms with Crippen LogP contribution in [0, 0.1) is 5.92 Å². The fraction of sp³-hybridized carbons (Fsp3) is 0.700. The highest BCUT2D eigenvalue weighted by Crippen LogP contribution is 2.27. The van der Waals surface area contributed by atoms with Gasteiger partial charge in [0.1, 0.15) is 0 Å². The highest BCUT2D eigenvalue weighted by molar-refractivity contribution is 6.07. The summed E-state index contributed by atoms with van der Waals surface area (Å²) in [5, 5.41) is 8.60. The fourth-order valence-corrected chi connectivity index (χ4v) is 3.09. The molecule has 1 N–H and O–H groups in total. The number of carbonyl (C=O) groups is 2. The standard InChI is InChI=1S/C20H32O3/c1-2-3-4-5-6-9-12-17-15-16-19(21)18(17)13-10-7-8-11-14-20(22)23/h13,15-17H,2-12,14H2,1H3,(H,22,23)/b18-13+/t17-/m0/s1. The predicted octanol–water partition coefficient (Wildman–Crippen LogP) is 5.45. The van der Waals surface area contributed by atoms with Crippen LogP contribution in [0.5, 0.6) is 0 Å². The summed E-state index contributed by atoms with van der Waals surface area (Å²) in [6.45, 7) is 2.23. The molecule has 1 atom stereocenters. The van der Waals surface area contributed by atoms with Crippen molar-refractivity contribution in [3.63, 3.8) is 0 Å². The third-order valence-electron chi connectivity index (χ3n) is 4.49. The summed E-state index contributed by atoms with van der Waals surface area (Å²) in [4.78, 5) is 22.4. The van der Waals surface area contributed by atoms with E-state index in [4.69, 9.17) is 5.11 Å². The van der Waals surface area contributed by atoms with Gasteiger partial charge in [0.25, 0.3) is 0 Å². The summed E-state index contributed by atoms with van der Waals surface area (Å²) in [6.07, 6.45) is 18.4. The smallest absolute Gasteiger partial charge is 0.303 e. The van der Waals surface area contributed by atoms with E-state index < -0.39 is 5.97 Å². The van der Waals surface area contributed by atoms with Crippen LogP contribution in [0.1, 0.15) is 84.0 Å². The van der Waals surface area contributed by atoms with Crippen molar-refractivity contribution in [3.05, 3.63) is 23.8 Å². The maximum absolute atomic E-state index is 11.9. The molecule has 1 aliphatic carbocycles. The Balaban J connectivity index is 2.22. The highest BCUT2D eigenvalue weighted by atomic mass is 16.4. The molecule has 0 bridgehead atoms. The van der Waals surface area contributed by atoms with Crippen LogP contribution in [0.4, 0.5) is 0 Å². The molecule has 0 unspecified atom stereocenters. The number of hydrogen-bond donors (Lipinski definition) is 1. The van der Waals surface area contributed by atoms with Gasteiger partial charge in [-0.05, 0) is 31.8 Å². The average molecular weight is 320 g/mol. The molecule has 1 rings (SSSR count). The third kappa shape index (κ3) is 8.73. The van der Waals surface area contributed by atoms with Gasteiger partial charge in [0.05, 0.1) is 0 Å². The Hall–Kier alpha value is -1.38. The predicted molar refractivity (Wildman–Crippen MR) is 94.4 cm³/mol. The molecule has 0 aliphatic heterocycles. The molecular formula is C20H32O3. The van der Waals surface area contributed by atoms with Crippen LogP contribution in [-0.4, -0.2) is 16.9 Å². The van der Waals surface area contributed by atoms with E-state index in [1.54, 1.807) is 6.08 Å². The minimum atomic E-state index is -0.725. The zero-order valence-corrected chi connectivity index (χ0v) is 14.6. The van der Waals surface area contributed by atoms with Crippen molar-refractivity contribution < 1.29 is 14.7 Å². The van der Waals surface area contributed by atoms with Gasteiger partial charge in [-0.25, -0.2) is 0 Å². The van der Waals surface area contributed by atoms with Gasteiger partial charge in [0, 0.05) is 17.9 Å². The Morgan fingerprint density at radius 1 is 1.09 bits per heavy atom. The number of carbonyl (C=O) groups excluding carboxylic acids is 1. The molecule has 0 aromatic carbocycles. The van der Waals surface area contributed by atoms with E-state index >= 15 is 0 Å². The minimum Gasteiger partial charge on any atom is -0.481 e. The molecule has 0 radical (unpaired) electrons. The molecule has 0 spiro atoms. The summed E-state index contributed by atoms with van der Waals surface area (Å²) in [5.74, 6) is -0.239. The topological polar surface area (TPSA) is 54.4 Å². The first-order valence-electron chi connectivity index (χ1n) is 9.29. The third-order valence-corrected chi connectivity index (χ3v) is 4.49. The van der Waals surface area contributed by atoms with E-state index in [0.717, 1.165) is 37.7 Å². The lowest BCUT2D eigenvalue weighted by atomic mass is 9.94. The number of hydrogen-bond acceptors (Lipinski definition) is 2. The number of rotatable bonds is 13. The van der Waals surface area contributed by atoms with Crippen molar-refractivity contribution in [2.24, 2.45) is 5.92 Å². The molecule has 0 saturated heterocycles. The molecular weight excluding hydrogens is 288 g/mol. The molecule has 130 valence electrons. The molecule has 1 aliphatic rings. The Morgan fingerprint density at radius 2 is 1.78 bits per heavy atom. The van der Waals surface area contributed by atoms with Crippen LogP contribution in [0.3, 0.4) is 0 Å². The summed E-state index contributed by atoms with van der Waals surface area (Å²) in [6, 6.07) is 0. The van der Waals surface area contributed by atoms with E-state index in [-0.39, 0.29) is 12.2 Å². The SMILES string of the molecule is CCCCCCCC[C@H]1C=CC(=O)/C1=C/CCCCCC(=O)O. The van der Waals surface area contributed by atoms with Crippen molar-refractivity contribution in [2.45, 2.75) is 84.0 Å². The molecule has 0 aromatic heterocycles. The average Bonchev–Trinajstić information content (AvgIpc) is 2.86. The second kappa shape index (κ2) is 12.1. The highest BCUT2D eigenvalue weighted by Gasteiger charge is 2.21. The van der Waals surface area contributed by atoms with Gasteiger partial charge in [-0.3, -0.25) is 9.59 Å². The van der Waals surface area contributed by atoms with Gasteiger partial charge >= 0.3 is 5.97 Å². The van der Waals surface area contributed by atoms with E-state index in [9.17, 15) is 9.59 Å². The quantitative estimate of drug-likeness (QED) is 0.362. The summed E-state index contributed by atoms with van der Waals surface area (Å²) in [7, 11) is 0. The van der Waals surface area contributed by atoms with Crippen LogP contribution in [-0.2, 0) is 9.59 Å². The molecule has 3 heteroatoms. The van der Waals surface area contributed by atoms with Gasteiger partial charge in [0.15, 0.2) is 5.78 Å². The first-order chi connectivity index (χ1) is 11.1. The van der Waals surface area contributed by atoms with Crippen LogP contribution in [0.2, 0.25) is 0 Å². The molecule has 0 fully saturated rings. The maximum atomic E-state index is 11.9. The van der Waals surface area contributed by atoms with Crippen molar-refractivity contribution in [1.82, 2.24) is 0 Å². The summed E-state index contributed by atoms with van der Waals surface area (Å²) in [5.41, 5.74) is 0.969. The number of ketones is 1. The van der Waals surface area contributed by atoms with Crippen LogP contribution in [0.25, 0.3) is 0 Å². The zero-order chi connectivity index (χ0) is 16.9. The van der Waals surface area contributed by atoms with Gasteiger partial charge in [-0.15, -0.1) is 0 Å². The Morgan fingerprint density at radius 3 is 2.52 bits per heavy atom. The molecule has 23 heavy (non-hydrogen) atoms. The lowest BCUT2D eigenvalue weighted by molar-refractivity contribution is -0.137.